The highest BCUT2D eigenvalue weighted by molar-refractivity contribution is 8.01. The smallest absolute Gasteiger partial charge is 0.319 e. The summed E-state index contributed by atoms with van der Waals surface area (Å²) in [5.74, 6) is -1.72. The first-order chi connectivity index (χ1) is 13.8. The van der Waals surface area contributed by atoms with E-state index < -0.39 is 29.6 Å². The fourth-order valence-corrected chi connectivity index (χ4v) is 3.00. The zero-order valence-corrected chi connectivity index (χ0v) is 17.3. The highest BCUT2D eigenvalue weighted by Crippen LogP contribution is 2.18. The number of aryl methyl sites for hydroxylation is 1. The quantitative estimate of drug-likeness (QED) is 0.639. The van der Waals surface area contributed by atoms with Crippen LogP contribution in [0.4, 0.5) is 15.8 Å². The molecule has 2 aromatic rings. The van der Waals surface area contributed by atoms with Crippen molar-refractivity contribution in [2.45, 2.75) is 26.0 Å². The van der Waals surface area contributed by atoms with Gasteiger partial charge in [0.05, 0.1) is 5.75 Å². The summed E-state index contributed by atoms with van der Waals surface area (Å²) < 4.78 is 17.9. The van der Waals surface area contributed by atoms with Gasteiger partial charge in [0.1, 0.15) is 11.1 Å². The highest BCUT2D eigenvalue weighted by Gasteiger charge is 2.18. The number of amides is 2. The molecule has 0 aliphatic carbocycles. The van der Waals surface area contributed by atoms with E-state index in [2.05, 4.69) is 10.6 Å². The van der Waals surface area contributed by atoms with E-state index in [0.29, 0.717) is 11.4 Å². The lowest BCUT2D eigenvalue weighted by atomic mass is 10.1. The van der Waals surface area contributed by atoms with E-state index in [1.807, 2.05) is 26.0 Å². The Morgan fingerprint density at radius 1 is 1.03 bits per heavy atom. The van der Waals surface area contributed by atoms with Gasteiger partial charge in [-0.15, -0.1) is 11.8 Å². The molecule has 0 saturated heterocycles. The predicted molar refractivity (Wildman–Crippen MR) is 112 cm³/mol. The van der Waals surface area contributed by atoms with E-state index in [-0.39, 0.29) is 11.7 Å². The number of hydrogen-bond acceptors (Lipinski definition) is 5. The maximum atomic E-state index is 12.9. The van der Waals surface area contributed by atoms with E-state index in [1.54, 1.807) is 13.0 Å². The molecule has 0 aromatic heterocycles. The molecular formula is C21H23FN2O4S. The molecule has 0 radical (unpaired) electrons. The Labute approximate surface area is 173 Å². The molecule has 0 fully saturated rings. The second kappa shape index (κ2) is 10.6. The van der Waals surface area contributed by atoms with Crippen molar-refractivity contribution >= 4 is 40.9 Å². The lowest BCUT2D eigenvalue weighted by Gasteiger charge is -2.13. The summed E-state index contributed by atoms with van der Waals surface area (Å²) in [4.78, 5) is 36.0. The van der Waals surface area contributed by atoms with E-state index in [0.717, 1.165) is 22.9 Å². The molecule has 1 atom stereocenters. The topological polar surface area (TPSA) is 84.5 Å². The Hall–Kier alpha value is -2.87. The fraction of sp³-hybridized carbons (Fsp3) is 0.286. The molecule has 1 unspecified atom stereocenters. The Bertz CT molecular complexity index is 887. The average molecular weight is 418 g/mol. The lowest BCUT2D eigenvalue weighted by Crippen LogP contribution is -2.26. The van der Waals surface area contributed by atoms with Crippen LogP contribution in [-0.4, -0.2) is 35.4 Å². The van der Waals surface area contributed by atoms with Crippen molar-refractivity contribution in [2.75, 3.05) is 23.0 Å². The maximum absolute atomic E-state index is 12.9. The Kier molecular flexibility index (Phi) is 8.21. The number of nitrogens with one attached hydrogen (secondary N) is 2. The summed E-state index contributed by atoms with van der Waals surface area (Å²) in [6.07, 6.45) is 0. The van der Waals surface area contributed by atoms with Crippen LogP contribution >= 0.6 is 11.8 Å². The number of esters is 1. The molecular weight excluding hydrogens is 395 g/mol. The molecule has 0 bridgehead atoms. The van der Waals surface area contributed by atoms with E-state index >= 15 is 0 Å². The zero-order chi connectivity index (χ0) is 21.4. The van der Waals surface area contributed by atoms with Crippen LogP contribution in [0.1, 0.15) is 18.1 Å². The van der Waals surface area contributed by atoms with Gasteiger partial charge >= 0.3 is 5.97 Å². The molecule has 0 heterocycles. The van der Waals surface area contributed by atoms with Crippen molar-refractivity contribution in [3.8, 4) is 0 Å². The Balaban J connectivity index is 1.72. The molecule has 2 rings (SSSR count). The molecule has 2 aromatic carbocycles. The second-order valence-corrected chi connectivity index (χ2v) is 7.74. The van der Waals surface area contributed by atoms with Gasteiger partial charge in [0.2, 0.25) is 5.91 Å². The zero-order valence-electron chi connectivity index (χ0n) is 16.5. The Morgan fingerprint density at radius 2 is 1.72 bits per heavy atom. The molecule has 0 saturated carbocycles. The van der Waals surface area contributed by atoms with Gasteiger partial charge in [0, 0.05) is 11.4 Å². The third kappa shape index (κ3) is 7.23. The van der Waals surface area contributed by atoms with Crippen LogP contribution in [0.2, 0.25) is 0 Å². The molecule has 0 aliphatic heterocycles. The van der Waals surface area contributed by atoms with Gasteiger partial charge in [-0.25, -0.2) is 4.39 Å². The summed E-state index contributed by atoms with van der Waals surface area (Å²) in [5.41, 5.74) is 3.13. The van der Waals surface area contributed by atoms with Gasteiger partial charge in [-0.3, -0.25) is 14.4 Å². The second-order valence-electron chi connectivity index (χ2n) is 6.41. The maximum Gasteiger partial charge on any atom is 0.319 e. The average Bonchev–Trinajstić information content (AvgIpc) is 2.69. The first-order valence-corrected chi connectivity index (χ1v) is 10.0. The van der Waals surface area contributed by atoms with Crippen molar-refractivity contribution in [3.05, 3.63) is 59.4 Å². The van der Waals surface area contributed by atoms with Crippen molar-refractivity contribution in [2.24, 2.45) is 0 Å². The van der Waals surface area contributed by atoms with Crippen LogP contribution in [-0.2, 0) is 19.1 Å². The first-order valence-electron chi connectivity index (χ1n) is 8.96. The van der Waals surface area contributed by atoms with Gasteiger partial charge in [-0.2, -0.15) is 0 Å². The number of carbonyl (C=O) groups is 3. The number of hydrogen-bond donors (Lipinski definition) is 2. The minimum atomic E-state index is -0.623. The molecule has 6 nitrogen and oxygen atoms in total. The summed E-state index contributed by atoms with van der Waals surface area (Å²) in [6.45, 7) is 5.03. The van der Waals surface area contributed by atoms with E-state index in [4.69, 9.17) is 4.74 Å². The normalized spacial score (nSPS) is 11.4. The van der Waals surface area contributed by atoms with Gasteiger partial charge in [-0.1, -0.05) is 12.1 Å². The standard InChI is InChI=1S/C21H23FN2O4S/c1-13-5-4-6-18(14(13)2)24-19(25)11-28-21(27)15(3)29-12-20(26)23-17-9-7-16(22)8-10-17/h4-10,15H,11-12H2,1-3H3,(H,23,26)(H,24,25). The molecule has 29 heavy (non-hydrogen) atoms. The Morgan fingerprint density at radius 3 is 2.41 bits per heavy atom. The molecule has 2 N–H and O–H groups in total. The number of ether oxygens (including phenoxy) is 1. The molecule has 8 heteroatoms. The summed E-state index contributed by atoms with van der Waals surface area (Å²) >= 11 is 1.08. The van der Waals surface area contributed by atoms with Crippen molar-refractivity contribution in [1.82, 2.24) is 0 Å². The van der Waals surface area contributed by atoms with Crippen LogP contribution in [0.25, 0.3) is 0 Å². The highest BCUT2D eigenvalue weighted by atomic mass is 32.2. The van der Waals surface area contributed by atoms with Gasteiger partial charge in [0.15, 0.2) is 6.61 Å². The molecule has 2 amide bonds. The number of halogens is 1. The number of anilines is 2. The number of benzene rings is 2. The predicted octanol–water partition coefficient (Wildman–Crippen LogP) is 3.68. The minimum Gasteiger partial charge on any atom is -0.455 e. The summed E-state index contributed by atoms with van der Waals surface area (Å²) in [7, 11) is 0. The number of thioether (sulfide) groups is 1. The van der Waals surface area contributed by atoms with Crippen molar-refractivity contribution in [3.63, 3.8) is 0 Å². The summed E-state index contributed by atoms with van der Waals surface area (Å²) in [5, 5.41) is 4.70. The molecule has 154 valence electrons. The van der Waals surface area contributed by atoms with Crippen LogP contribution in [0.15, 0.2) is 42.5 Å². The van der Waals surface area contributed by atoms with Crippen molar-refractivity contribution < 1.29 is 23.5 Å². The van der Waals surface area contributed by atoms with Gasteiger partial charge < -0.3 is 15.4 Å². The lowest BCUT2D eigenvalue weighted by molar-refractivity contribution is -0.146. The van der Waals surface area contributed by atoms with Crippen molar-refractivity contribution in [1.29, 1.82) is 0 Å². The number of rotatable bonds is 8. The fourth-order valence-electron chi connectivity index (χ4n) is 2.33. The minimum absolute atomic E-state index is 0.0162. The monoisotopic (exact) mass is 418 g/mol. The molecule has 0 aliphatic rings. The summed E-state index contributed by atoms with van der Waals surface area (Å²) in [6, 6.07) is 10.9. The molecule has 0 spiro atoms. The SMILES string of the molecule is Cc1cccc(NC(=O)COC(=O)C(C)SCC(=O)Nc2ccc(F)cc2)c1C. The van der Waals surface area contributed by atoms with Gasteiger partial charge in [-0.05, 0) is 62.2 Å². The van der Waals surface area contributed by atoms with Gasteiger partial charge in [0.25, 0.3) is 5.91 Å². The largest absolute Gasteiger partial charge is 0.455 e. The number of carbonyl (C=O) groups excluding carboxylic acids is 3. The van der Waals surface area contributed by atoms with Crippen LogP contribution in [0.5, 0.6) is 0 Å². The van der Waals surface area contributed by atoms with E-state index in [9.17, 15) is 18.8 Å². The third-order valence-corrected chi connectivity index (χ3v) is 5.27. The van der Waals surface area contributed by atoms with Crippen LogP contribution in [0.3, 0.4) is 0 Å². The third-order valence-electron chi connectivity index (χ3n) is 4.15. The van der Waals surface area contributed by atoms with E-state index in [1.165, 1.54) is 24.3 Å². The van der Waals surface area contributed by atoms with Crippen LogP contribution < -0.4 is 10.6 Å². The first kappa shape index (κ1) is 22.4. The van der Waals surface area contributed by atoms with Crippen LogP contribution in [0, 0.1) is 19.7 Å².